The molecule has 1 aromatic rings. The lowest BCUT2D eigenvalue weighted by molar-refractivity contribution is -0.285. The topological polar surface area (TPSA) is 163 Å². The number of aliphatic carboxylic acids is 1. The van der Waals surface area contributed by atoms with E-state index in [1.807, 2.05) is 19.9 Å². The molecule has 2 aliphatic heterocycles. The molecule has 37 heavy (non-hydrogen) atoms. The Labute approximate surface area is 215 Å². The Balaban J connectivity index is 1.59. The fourth-order valence-electron chi connectivity index (χ4n) is 5.64. The van der Waals surface area contributed by atoms with Crippen LogP contribution in [0.5, 0.6) is 11.5 Å². The van der Waals surface area contributed by atoms with Crippen molar-refractivity contribution in [2.24, 2.45) is 5.92 Å². The third kappa shape index (κ3) is 5.34. The number of benzene rings is 1. The number of carboxylic acid groups (broad SMARTS) is 1. The Morgan fingerprint density at radius 3 is 2.51 bits per heavy atom. The highest BCUT2D eigenvalue weighted by Gasteiger charge is 2.50. The van der Waals surface area contributed by atoms with Gasteiger partial charge in [0.05, 0.1) is 0 Å². The van der Waals surface area contributed by atoms with Crippen molar-refractivity contribution in [3.8, 4) is 11.5 Å². The first-order valence-electron chi connectivity index (χ1n) is 12.8. The van der Waals surface area contributed by atoms with Gasteiger partial charge in [0.2, 0.25) is 6.29 Å². The summed E-state index contributed by atoms with van der Waals surface area (Å²) in [6.45, 7) is 6.10. The molecule has 1 saturated heterocycles. The number of phenolic OH excluding ortho intramolecular Hbond substituents is 1. The predicted molar refractivity (Wildman–Crippen MR) is 130 cm³/mol. The highest BCUT2D eigenvalue weighted by molar-refractivity contribution is 5.89. The number of aliphatic hydroxyl groups is 3. The number of carboxylic acids is 1. The highest BCUT2D eigenvalue weighted by atomic mass is 16.7. The SMILES string of the molecule is CCCCCc1cc(O)c2c(c1)OC(C)(C)C1CCC(C(=O)OC3O[C@H](C(=O)O)[C@@H](O)[C@H](O)[C@H]3O)=CC21. The smallest absolute Gasteiger partial charge is 0.336 e. The zero-order valence-corrected chi connectivity index (χ0v) is 21.3. The van der Waals surface area contributed by atoms with E-state index in [0.717, 1.165) is 31.2 Å². The van der Waals surface area contributed by atoms with Crippen LogP contribution >= 0.6 is 0 Å². The van der Waals surface area contributed by atoms with Gasteiger partial charge in [0.1, 0.15) is 35.4 Å². The molecule has 0 bridgehead atoms. The fourth-order valence-corrected chi connectivity index (χ4v) is 5.64. The molecule has 5 N–H and O–H groups in total. The van der Waals surface area contributed by atoms with Gasteiger partial charge in [0.25, 0.3) is 0 Å². The molecule has 0 radical (unpaired) electrons. The molecule has 0 saturated carbocycles. The van der Waals surface area contributed by atoms with E-state index in [9.17, 15) is 35.1 Å². The summed E-state index contributed by atoms with van der Waals surface area (Å²) in [5, 5.41) is 50.3. The molecule has 1 aliphatic carbocycles. The van der Waals surface area contributed by atoms with Gasteiger partial charge in [0, 0.05) is 23.0 Å². The van der Waals surface area contributed by atoms with Crippen molar-refractivity contribution in [3.05, 3.63) is 34.9 Å². The number of hydrogen-bond acceptors (Lipinski definition) is 9. The summed E-state index contributed by atoms with van der Waals surface area (Å²) in [7, 11) is 0. The number of aromatic hydroxyl groups is 1. The number of unbranched alkanes of at least 4 members (excludes halogenated alkanes) is 2. The number of ether oxygens (including phenoxy) is 3. The number of rotatable bonds is 7. The fraction of sp³-hybridized carbons (Fsp3) is 0.630. The number of allylic oxidation sites excluding steroid dienone is 1. The third-order valence-corrected chi connectivity index (χ3v) is 7.69. The maximum absolute atomic E-state index is 13.0. The molecular formula is C27H36O10. The second-order valence-electron chi connectivity index (χ2n) is 10.7. The van der Waals surface area contributed by atoms with Gasteiger partial charge in [-0.15, -0.1) is 0 Å². The monoisotopic (exact) mass is 520 g/mol. The molecule has 1 aromatic carbocycles. The number of carbonyl (C=O) groups excluding carboxylic acids is 1. The number of esters is 1. The molecule has 1 fully saturated rings. The molecular weight excluding hydrogens is 484 g/mol. The highest BCUT2D eigenvalue weighted by Crippen LogP contribution is 2.53. The van der Waals surface area contributed by atoms with Crippen LogP contribution in [0.1, 0.15) is 69.9 Å². The normalized spacial score (nSPS) is 32.4. The Bertz CT molecular complexity index is 1060. The van der Waals surface area contributed by atoms with Crippen LogP contribution in [0.15, 0.2) is 23.8 Å². The minimum Gasteiger partial charge on any atom is -0.507 e. The first kappa shape index (κ1) is 27.4. The van der Waals surface area contributed by atoms with Crippen LogP contribution in [0.3, 0.4) is 0 Å². The van der Waals surface area contributed by atoms with E-state index in [2.05, 4.69) is 6.92 Å². The van der Waals surface area contributed by atoms with Crippen LogP contribution in [-0.2, 0) is 25.5 Å². The Morgan fingerprint density at radius 1 is 1.11 bits per heavy atom. The summed E-state index contributed by atoms with van der Waals surface area (Å²) in [5.41, 5.74) is 1.30. The van der Waals surface area contributed by atoms with Crippen molar-refractivity contribution in [2.75, 3.05) is 0 Å². The molecule has 10 nitrogen and oxygen atoms in total. The largest absolute Gasteiger partial charge is 0.507 e. The molecule has 3 unspecified atom stereocenters. The van der Waals surface area contributed by atoms with Crippen molar-refractivity contribution in [1.82, 2.24) is 0 Å². The van der Waals surface area contributed by atoms with Gasteiger partial charge in [0.15, 0.2) is 6.10 Å². The lowest BCUT2D eigenvalue weighted by Crippen LogP contribution is -2.60. The van der Waals surface area contributed by atoms with Gasteiger partial charge in [-0.1, -0.05) is 25.8 Å². The third-order valence-electron chi connectivity index (χ3n) is 7.69. The molecule has 204 valence electrons. The van der Waals surface area contributed by atoms with Crippen LogP contribution in [0.25, 0.3) is 0 Å². The average Bonchev–Trinajstić information content (AvgIpc) is 2.83. The minimum atomic E-state index is -1.88. The van der Waals surface area contributed by atoms with Gasteiger partial charge < -0.3 is 39.7 Å². The Morgan fingerprint density at radius 2 is 1.84 bits per heavy atom. The molecule has 7 atom stereocenters. The van der Waals surface area contributed by atoms with Crippen molar-refractivity contribution >= 4 is 11.9 Å². The summed E-state index contributed by atoms with van der Waals surface area (Å²) in [6, 6.07) is 3.70. The van der Waals surface area contributed by atoms with Gasteiger partial charge >= 0.3 is 11.9 Å². The first-order chi connectivity index (χ1) is 17.4. The van der Waals surface area contributed by atoms with Crippen molar-refractivity contribution < 1.29 is 49.3 Å². The Hall–Kier alpha value is -2.66. The Kier molecular flexibility index (Phi) is 7.85. The number of carbonyl (C=O) groups is 2. The maximum atomic E-state index is 13.0. The molecule has 0 aromatic heterocycles. The van der Waals surface area contributed by atoms with Crippen LogP contribution in [0, 0.1) is 5.92 Å². The molecule has 0 amide bonds. The molecule has 4 rings (SSSR count). The first-order valence-corrected chi connectivity index (χ1v) is 12.8. The quantitative estimate of drug-likeness (QED) is 0.266. The van der Waals surface area contributed by atoms with E-state index in [-0.39, 0.29) is 23.2 Å². The summed E-state index contributed by atoms with van der Waals surface area (Å²) in [6.07, 6.45) is -2.61. The van der Waals surface area contributed by atoms with Crippen molar-refractivity contribution in [1.29, 1.82) is 0 Å². The minimum absolute atomic E-state index is 0.0294. The van der Waals surface area contributed by atoms with Crippen molar-refractivity contribution in [3.63, 3.8) is 0 Å². The zero-order valence-electron chi connectivity index (χ0n) is 21.3. The van der Waals surface area contributed by atoms with Crippen LogP contribution in [0.2, 0.25) is 0 Å². The lowest BCUT2D eigenvalue weighted by atomic mass is 9.67. The van der Waals surface area contributed by atoms with E-state index in [1.54, 1.807) is 12.1 Å². The van der Waals surface area contributed by atoms with E-state index in [0.29, 0.717) is 24.2 Å². The van der Waals surface area contributed by atoms with E-state index in [4.69, 9.17) is 14.2 Å². The number of phenols is 1. The number of aryl methyl sites for hydroxylation is 1. The second-order valence-corrected chi connectivity index (χ2v) is 10.7. The standard InChI is InChI=1S/C27H36O10/c1-4-5-6-7-13-10-17(28)19-15-12-14(8-9-16(15)27(2,3)37-18(19)11-13)25(34)36-26-22(31)20(29)21(30)23(35-26)24(32)33/h10-12,15-16,20-23,26,28-31H,4-9H2,1-3H3,(H,32,33)/t15?,16?,20-,21-,22+,23-,26?/m0/s1. The van der Waals surface area contributed by atoms with Gasteiger partial charge in [-0.05, 0) is 57.2 Å². The summed E-state index contributed by atoms with van der Waals surface area (Å²) >= 11 is 0. The summed E-state index contributed by atoms with van der Waals surface area (Å²) in [5.74, 6) is -2.08. The van der Waals surface area contributed by atoms with Crippen molar-refractivity contribution in [2.45, 2.75) is 102 Å². The molecule has 3 aliphatic rings. The van der Waals surface area contributed by atoms with Crippen LogP contribution in [-0.4, -0.2) is 73.8 Å². The van der Waals surface area contributed by atoms with Gasteiger partial charge in [-0.25, -0.2) is 9.59 Å². The van der Waals surface area contributed by atoms with E-state index < -0.39 is 48.2 Å². The number of fused-ring (bicyclic) bond motifs is 3. The maximum Gasteiger partial charge on any atom is 0.336 e. The number of aliphatic hydroxyl groups excluding tert-OH is 3. The van der Waals surface area contributed by atoms with Crippen LogP contribution in [0.4, 0.5) is 0 Å². The van der Waals surface area contributed by atoms with Crippen LogP contribution < -0.4 is 4.74 Å². The number of hydrogen-bond donors (Lipinski definition) is 5. The average molecular weight is 521 g/mol. The molecule has 2 heterocycles. The van der Waals surface area contributed by atoms with Gasteiger partial charge in [-0.3, -0.25) is 0 Å². The van der Waals surface area contributed by atoms with Gasteiger partial charge in [-0.2, -0.15) is 0 Å². The second kappa shape index (κ2) is 10.6. The zero-order chi connectivity index (χ0) is 27.1. The summed E-state index contributed by atoms with van der Waals surface area (Å²) < 4.78 is 16.7. The van der Waals surface area contributed by atoms with E-state index in [1.165, 1.54) is 0 Å². The molecule has 10 heteroatoms. The predicted octanol–water partition coefficient (Wildman–Crippen LogP) is 2.15. The summed E-state index contributed by atoms with van der Waals surface area (Å²) in [4.78, 5) is 24.4. The molecule has 0 spiro atoms. The van der Waals surface area contributed by atoms with E-state index >= 15 is 0 Å². The lowest BCUT2D eigenvalue weighted by Gasteiger charge is -2.46.